The number of benzene rings is 1. The molecule has 2 aliphatic heterocycles. The fraction of sp³-hybridized carbons (Fsp3) is 0.514. The standard InChI is InChI=1S/C35H47N5O3/c1-5-10-26-19-24(3)38-35(42)31(26)23-37-34(41)30-20-28(27-11-12-33(36-22-27)39-15-8-7-9-16-39)21-32(25(30)4)40(6-2)29-13-17-43-18-14-29/h11-12,19-22,29H,5-10,13-18,23H2,1-4H3,(H,37,41)(H,38,42). The molecule has 0 saturated carbocycles. The highest BCUT2D eigenvalue weighted by molar-refractivity contribution is 5.99. The number of rotatable bonds is 10. The average Bonchev–Trinajstić information content (AvgIpc) is 3.03. The maximum absolute atomic E-state index is 13.9. The van der Waals surface area contributed by atoms with E-state index in [1.165, 1.54) is 19.3 Å². The number of carbonyl (C=O) groups excluding carboxylic acids is 1. The zero-order valence-corrected chi connectivity index (χ0v) is 26.3. The molecule has 2 aliphatic rings. The third kappa shape index (κ3) is 7.12. The normalized spacial score (nSPS) is 15.9. The van der Waals surface area contributed by atoms with Crippen molar-refractivity contribution in [2.45, 2.75) is 85.2 Å². The summed E-state index contributed by atoms with van der Waals surface area (Å²) in [5, 5.41) is 3.09. The third-order valence-electron chi connectivity index (χ3n) is 8.98. The van der Waals surface area contributed by atoms with Gasteiger partial charge in [-0.1, -0.05) is 13.3 Å². The Kier molecular flexibility index (Phi) is 10.2. The van der Waals surface area contributed by atoms with Gasteiger partial charge in [-0.3, -0.25) is 9.59 Å². The maximum atomic E-state index is 13.9. The maximum Gasteiger partial charge on any atom is 0.253 e. The molecule has 1 amide bonds. The molecule has 3 aromatic rings. The molecular weight excluding hydrogens is 538 g/mol. The molecule has 0 bridgehead atoms. The molecule has 0 aliphatic carbocycles. The van der Waals surface area contributed by atoms with E-state index in [9.17, 15) is 9.59 Å². The van der Waals surface area contributed by atoms with E-state index in [0.717, 1.165) is 98.0 Å². The number of aromatic amines is 1. The summed E-state index contributed by atoms with van der Waals surface area (Å²) < 4.78 is 5.66. The van der Waals surface area contributed by atoms with E-state index in [4.69, 9.17) is 9.72 Å². The predicted octanol–water partition coefficient (Wildman–Crippen LogP) is 5.93. The quantitative estimate of drug-likeness (QED) is 0.307. The Labute approximate surface area is 255 Å². The molecule has 8 heteroatoms. The van der Waals surface area contributed by atoms with Crippen molar-refractivity contribution in [3.8, 4) is 11.1 Å². The highest BCUT2D eigenvalue weighted by Crippen LogP contribution is 2.34. The molecule has 2 aromatic heterocycles. The van der Waals surface area contributed by atoms with Gasteiger partial charge >= 0.3 is 0 Å². The van der Waals surface area contributed by atoms with Crippen molar-refractivity contribution in [1.82, 2.24) is 15.3 Å². The van der Waals surface area contributed by atoms with Gasteiger partial charge in [0.1, 0.15) is 5.82 Å². The lowest BCUT2D eigenvalue weighted by molar-refractivity contribution is 0.0846. The van der Waals surface area contributed by atoms with Crippen LogP contribution in [0.15, 0.2) is 41.3 Å². The average molecular weight is 586 g/mol. The van der Waals surface area contributed by atoms with Gasteiger partial charge in [-0.25, -0.2) is 4.98 Å². The topological polar surface area (TPSA) is 90.6 Å². The molecule has 230 valence electrons. The van der Waals surface area contributed by atoms with E-state index in [-0.39, 0.29) is 18.0 Å². The van der Waals surface area contributed by atoms with Crippen LogP contribution in [0.3, 0.4) is 0 Å². The van der Waals surface area contributed by atoms with Crippen molar-refractivity contribution in [2.75, 3.05) is 42.6 Å². The number of hydrogen-bond donors (Lipinski definition) is 2. The zero-order valence-electron chi connectivity index (χ0n) is 26.3. The molecule has 5 rings (SSSR count). The van der Waals surface area contributed by atoms with Gasteiger partial charge in [0.2, 0.25) is 0 Å². The van der Waals surface area contributed by atoms with Crippen LogP contribution >= 0.6 is 0 Å². The number of amides is 1. The SMILES string of the molecule is CCCc1cc(C)[nH]c(=O)c1CNC(=O)c1cc(-c2ccc(N3CCCCC3)nc2)cc(N(CC)C2CCOCC2)c1C. The van der Waals surface area contributed by atoms with E-state index in [1.54, 1.807) is 0 Å². The van der Waals surface area contributed by atoms with E-state index in [1.807, 2.05) is 32.2 Å². The zero-order chi connectivity index (χ0) is 30.3. The minimum atomic E-state index is -0.177. The number of pyridine rings is 2. The van der Waals surface area contributed by atoms with Crippen LogP contribution in [0.2, 0.25) is 0 Å². The summed E-state index contributed by atoms with van der Waals surface area (Å²) in [6.45, 7) is 12.8. The first-order valence-corrected chi connectivity index (χ1v) is 16.1. The van der Waals surface area contributed by atoms with Gasteiger partial charge in [0, 0.05) is 79.7 Å². The molecule has 43 heavy (non-hydrogen) atoms. The van der Waals surface area contributed by atoms with Crippen molar-refractivity contribution < 1.29 is 9.53 Å². The second-order valence-corrected chi connectivity index (χ2v) is 12.0. The molecule has 1 aromatic carbocycles. The molecule has 0 radical (unpaired) electrons. The smallest absolute Gasteiger partial charge is 0.253 e. The summed E-state index contributed by atoms with van der Waals surface area (Å²) >= 11 is 0. The van der Waals surface area contributed by atoms with Gasteiger partial charge < -0.3 is 24.8 Å². The molecule has 0 unspecified atom stereocenters. The third-order valence-corrected chi connectivity index (χ3v) is 8.98. The summed E-state index contributed by atoms with van der Waals surface area (Å²) in [5.41, 5.74) is 6.91. The minimum absolute atomic E-state index is 0.133. The number of anilines is 2. The van der Waals surface area contributed by atoms with Gasteiger partial charge in [0.25, 0.3) is 11.5 Å². The van der Waals surface area contributed by atoms with E-state index in [0.29, 0.717) is 17.2 Å². The fourth-order valence-corrected chi connectivity index (χ4v) is 6.62. The van der Waals surface area contributed by atoms with Crippen molar-refractivity contribution in [1.29, 1.82) is 0 Å². The highest BCUT2D eigenvalue weighted by atomic mass is 16.5. The van der Waals surface area contributed by atoms with Crippen LogP contribution in [-0.4, -0.2) is 54.8 Å². The van der Waals surface area contributed by atoms with Crippen LogP contribution in [0.4, 0.5) is 11.5 Å². The molecule has 0 spiro atoms. The molecule has 4 heterocycles. The Morgan fingerprint density at radius 1 is 1.07 bits per heavy atom. The Balaban J connectivity index is 1.49. The number of aromatic nitrogens is 2. The summed E-state index contributed by atoms with van der Waals surface area (Å²) in [6, 6.07) is 10.8. The van der Waals surface area contributed by atoms with Gasteiger partial charge in [-0.05, 0) is 106 Å². The molecule has 2 fully saturated rings. The number of hydrogen-bond acceptors (Lipinski definition) is 6. The number of ether oxygens (including phenoxy) is 1. The summed E-state index contributed by atoms with van der Waals surface area (Å²) in [7, 11) is 0. The predicted molar refractivity (Wildman–Crippen MR) is 174 cm³/mol. The molecule has 2 N–H and O–H groups in total. The van der Waals surface area contributed by atoms with Crippen molar-refractivity contribution in [3.63, 3.8) is 0 Å². The van der Waals surface area contributed by atoms with Crippen LogP contribution in [0, 0.1) is 13.8 Å². The number of aryl methyl sites for hydroxylation is 2. The molecular formula is C35H47N5O3. The molecule has 0 atom stereocenters. The van der Waals surface area contributed by atoms with Crippen molar-refractivity contribution in [2.24, 2.45) is 0 Å². The van der Waals surface area contributed by atoms with Gasteiger partial charge in [0.15, 0.2) is 0 Å². The van der Waals surface area contributed by atoms with E-state index in [2.05, 4.69) is 52.1 Å². The number of carbonyl (C=O) groups is 1. The molecule has 8 nitrogen and oxygen atoms in total. The van der Waals surface area contributed by atoms with Crippen molar-refractivity contribution >= 4 is 17.4 Å². The largest absolute Gasteiger partial charge is 0.381 e. The van der Waals surface area contributed by atoms with Crippen LogP contribution < -0.4 is 20.7 Å². The number of nitrogens with one attached hydrogen (secondary N) is 2. The van der Waals surface area contributed by atoms with Crippen LogP contribution in [0.1, 0.15) is 85.1 Å². The highest BCUT2D eigenvalue weighted by Gasteiger charge is 2.25. The van der Waals surface area contributed by atoms with Gasteiger partial charge in [0.05, 0.1) is 0 Å². The van der Waals surface area contributed by atoms with E-state index >= 15 is 0 Å². The fourth-order valence-electron chi connectivity index (χ4n) is 6.62. The van der Waals surface area contributed by atoms with Crippen LogP contribution in [0.25, 0.3) is 11.1 Å². The Hall–Kier alpha value is -3.65. The second kappa shape index (κ2) is 14.2. The lowest BCUT2D eigenvalue weighted by Gasteiger charge is -2.37. The second-order valence-electron chi connectivity index (χ2n) is 12.0. The van der Waals surface area contributed by atoms with E-state index < -0.39 is 0 Å². The number of nitrogens with zero attached hydrogens (tertiary/aromatic N) is 3. The minimum Gasteiger partial charge on any atom is -0.381 e. The van der Waals surface area contributed by atoms with Crippen LogP contribution in [0.5, 0.6) is 0 Å². The van der Waals surface area contributed by atoms with Crippen LogP contribution in [-0.2, 0) is 17.7 Å². The Morgan fingerprint density at radius 2 is 1.84 bits per heavy atom. The number of piperidine rings is 1. The summed E-state index contributed by atoms with van der Waals surface area (Å²) in [6.07, 6.45) is 9.28. The first kappa shape index (κ1) is 30.8. The lowest BCUT2D eigenvalue weighted by atomic mass is 9.95. The summed E-state index contributed by atoms with van der Waals surface area (Å²) in [4.78, 5) is 39.3. The monoisotopic (exact) mass is 585 g/mol. The Bertz CT molecular complexity index is 1450. The van der Waals surface area contributed by atoms with Crippen molar-refractivity contribution in [3.05, 3.63) is 74.8 Å². The van der Waals surface area contributed by atoms with Gasteiger partial charge in [-0.15, -0.1) is 0 Å². The Morgan fingerprint density at radius 3 is 2.51 bits per heavy atom. The summed E-state index contributed by atoms with van der Waals surface area (Å²) in [5.74, 6) is 0.835. The number of H-pyrrole nitrogens is 1. The molecule has 2 saturated heterocycles. The lowest BCUT2D eigenvalue weighted by Crippen LogP contribution is -2.40. The van der Waals surface area contributed by atoms with Gasteiger partial charge in [-0.2, -0.15) is 0 Å². The first-order chi connectivity index (χ1) is 20.9. The first-order valence-electron chi connectivity index (χ1n) is 16.1.